The van der Waals surface area contributed by atoms with Crippen molar-refractivity contribution in [1.82, 2.24) is 52.4 Å². The summed E-state index contributed by atoms with van der Waals surface area (Å²) in [6.45, 7) is 5.73. The fourth-order valence-electron chi connectivity index (χ4n) is 15.6. The molecule has 9 amide bonds. The van der Waals surface area contributed by atoms with E-state index >= 15 is 24.0 Å². The Morgan fingerprint density at radius 1 is 0.504 bits per heavy atom. The molecule has 592 valence electrons. The maximum atomic E-state index is 16.2. The van der Waals surface area contributed by atoms with E-state index in [1.807, 2.05) is 269 Å². The Morgan fingerprint density at radius 3 is 1.50 bits per heavy atom. The topological polar surface area (TPSA) is 315 Å². The zero-order chi connectivity index (χ0) is 81.0. The molecular formula is C92H96N10O12S. The Bertz CT molecular complexity index is 4820. The van der Waals surface area contributed by atoms with Crippen LogP contribution in [0.4, 0.5) is 4.79 Å². The van der Waals surface area contributed by atoms with E-state index in [1.165, 1.54) is 16.7 Å². The van der Waals surface area contributed by atoms with Gasteiger partial charge in [-0.15, -0.1) is 11.8 Å². The first-order valence-electron chi connectivity index (χ1n) is 39.0. The van der Waals surface area contributed by atoms with Crippen LogP contribution in [0.5, 0.6) is 0 Å². The summed E-state index contributed by atoms with van der Waals surface area (Å²) in [5.41, 5.74) is 8.51. The van der Waals surface area contributed by atoms with Gasteiger partial charge in [0.25, 0.3) is 0 Å². The smallest absolute Gasteiger partial charge is 0.407 e. The van der Waals surface area contributed by atoms with Crippen molar-refractivity contribution in [2.24, 2.45) is 11.8 Å². The highest BCUT2D eigenvalue weighted by Gasteiger charge is 2.45. The van der Waals surface area contributed by atoms with Crippen LogP contribution in [-0.2, 0) is 64.6 Å². The molecule has 1 aliphatic carbocycles. The Hall–Kier alpha value is -12.6. The van der Waals surface area contributed by atoms with Crippen LogP contribution in [0.2, 0.25) is 0 Å². The molecule has 0 spiro atoms. The van der Waals surface area contributed by atoms with Gasteiger partial charge in [0.1, 0.15) is 54.9 Å². The molecule has 10 aromatic rings. The number of carbonyl (C=O) groups is 10. The minimum atomic E-state index is -1.78. The lowest BCUT2D eigenvalue weighted by molar-refractivity contribution is -0.144. The summed E-state index contributed by atoms with van der Waals surface area (Å²) in [5, 5.41) is 33.1. The second-order valence-corrected chi connectivity index (χ2v) is 30.5. The van der Waals surface area contributed by atoms with E-state index in [0.29, 0.717) is 35.1 Å². The largest absolute Gasteiger partial charge is 0.480 e. The van der Waals surface area contributed by atoms with Crippen molar-refractivity contribution in [3.8, 4) is 11.1 Å². The number of carboxylic acid groups (broad SMARTS) is 1. The number of aromatic nitrogens is 1. The van der Waals surface area contributed by atoms with Gasteiger partial charge in [-0.3, -0.25) is 43.2 Å². The molecule has 0 bridgehead atoms. The number of nitrogens with one attached hydrogen (secondary N) is 9. The molecule has 1 aromatic heterocycles. The van der Waals surface area contributed by atoms with Crippen LogP contribution in [0.1, 0.15) is 116 Å². The molecule has 8 atom stereocenters. The zero-order valence-corrected chi connectivity index (χ0v) is 65.4. The monoisotopic (exact) mass is 1560 g/mol. The highest BCUT2D eigenvalue weighted by Crippen LogP contribution is 2.49. The number of hydrogen-bond donors (Lipinski definition) is 10. The first-order valence-corrected chi connectivity index (χ1v) is 40.0. The molecule has 1 fully saturated rings. The number of carboxylic acids is 1. The molecule has 23 heteroatoms. The number of carbonyl (C=O) groups excluding carboxylic acids is 9. The van der Waals surface area contributed by atoms with Gasteiger partial charge in [-0.25, -0.2) is 4.79 Å². The molecular weight excluding hydrogens is 1470 g/mol. The number of rotatable bonds is 35. The van der Waals surface area contributed by atoms with Crippen LogP contribution in [0, 0.1) is 11.8 Å². The lowest BCUT2D eigenvalue weighted by atomic mass is 9.77. The van der Waals surface area contributed by atoms with E-state index in [9.17, 15) is 29.1 Å². The summed E-state index contributed by atoms with van der Waals surface area (Å²) in [4.78, 5) is 152. The number of ether oxygens (including phenoxy) is 1. The molecule has 115 heavy (non-hydrogen) atoms. The van der Waals surface area contributed by atoms with E-state index in [0.717, 1.165) is 49.8 Å². The predicted molar refractivity (Wildman–Crippen MR) is 443 cm³/mol. The third-order valence-corrected chi connectivity index (χ3v) is 23.6. The molecule has 10 N–H and O–H groups in total. The number of fused-ring (bicyclic) bond motifs is 4. The number of H-pyrrole nitrogens is 1. The van der Waals surface area contributed by atoms with Crippen molar-refractivity contribution in [1.29, 1.82) is 0 Å². The van der Waals surface area contributed by atoms with Gasteiger partial charge >= 0.3 is 12.1 Å². The first kappa shape index (κ1) is 81.8. The van der Waals surface area contributed by atoms with Gasteiger partial charge in [0.05, 0.1) is 17.7 Å². The molecule has 1 saturated heterocycles. The Balaban J connectivity index is 0.867. The van der Waals surface area contributed by atoms with Crippen molar-refractivity contribution in [2.75, 3.05) is 32.0 Å². The number of nitrogens with zero attached hydrogens (tertiary/aromatic N) is 1. The summed E-state index contributed by atoms with van der Waals surface area (Å²) in [6, 6.07) is 71.6. The summed E-state index contributed by atoms with van der Waals surface area (Å²) in [7, 11) is 0. The predicted octanol–water partition coefficient (Wildman–Crippen LogP) is 11.2. The molecule has 0 radical (unpaired) electrons. The minimum Gasteiger partial charge on any atom is -0.480 e. The van der Waals surface area contributed by atoms with Gasteiger partial charge in [-0.1, -0.05) is 289 Å². The number of aromatic amines is 1. The Labute approximate surface area is 673 Å². The van der Waals surface area contributed by atoms with Crippen molar-refractivity contribution in [3.63, 3.8) is 0 Å². The zero-order valence-electron chi connectivity index (χ0n) is 64.6. The number of benzene rings is 9. The first-order chi connectivity index (χ1) is 55.8. The standard InChI is InChI=1S/C92H96N10O12S/c1-5-59(3)82(100-90(113)114-57-73-71-47-27-25-45-69(71)70-46-26-28-48-72(70)73)87(110)94-55-80(104)96-77(58-115-92(65-38-19-10-20-39-65,66-40-21-11-22-41-66)67-42-23-12-24-43-67)85(108)98-76(53-79(103)101-91(62-32-13-7-14-33-62,63-34-15-8-16-35-63)64-36-17-9-18-37-64)89(112)102-51-31-50-78(102)86(109)99-83(60(4)6-2)88(111)97-75(84(107)95-56-81(105)106)52-61-54-93-74-49-30-29-44-68(61)74/h7-30,32-49,54,59-60,73,75-78,82-83,93H,5-6,31,50-53,55-58H2,1-4H3,(H,94,110)(H,95,107)(H,96,104)(H,97,111)(H,98,108)(H,99,109)(H,100,113)(H,101,103)(H,105,106)/t59-,60-,75-,76-,77-,78-,82-,83-/m0/s1. The van der Waals surface area contributed by atoms with Crippen LogP contribution in [0.15, 0.2) is 261 Å². The summed E-state index contributed by atoms with van der Waals surface area (Å²) < 4.78 is 4.81. The third-order valence-electron chi connectivity index (χ3n) is 21.9. The van der Waals surface area contributed by atoms with Crippen LogP contribution >= 0.6 is 11.8 Å². The number of amides is 9. The molecule has 2 heterocycles. The average Bonchev–Trinajstić information content (AvgIpc) is 1.51. The number of thioether (sulfide) groups is 1. The van der Waals surface area contributed by atoms with Crippen LogP contribution < -0.4 is 42.5 Å². The van der Waals surface area contributed by atoms with E-state index in [1.54, 1.807) is 20.0 Å². The third kappa shape index (κ3) is 19.0. The molecule has 12 rings (SSSR count). The summed E-state index contributed by atoms with van der Waals surface area (Å²) in [6.07, 6.45) is 1.22. The van der Waals surface area contributed by atoms with Crippen molar-refractivity contribution >= 4 is 82.0 Å². The van der Waals surface area contributed by atoms with Gasteiger partial charge < -0.3 is 62.3 Å². The Morgan fingerprint density at radius 2 is 0.974 bits per heavy atom. The van der Waals surface area contributed by atoms with Crippen molar-refractivity contribution in [3.05, 3.63) is 311 Å². The quantitative estimate of drug-likeness (QED) is 0.0165. The summed E-state index contributed by atoms with van der Waals surface area (Å²) >= 11 is 1.33. The van der Waals surface area contributed by atoms with Crippen LogP contribution in [0.3, 0.4) is 0 Å². The van der Waals surface area contributed by atoms with Crippen molar-refractivity contribution in [2.45, 2.75) is 119 Å². The maximum absolute atomic E-state index is 16.2. The number of para-hydroxylation sites is 1. The van der Waals surface area contributed by atoms with Gasteiger partial charge in [0.2, 0.25) is 47.3 Å². The fraction of sp³-hybridized carbons (Fsp3) is 0.283. The van der Waals surface area contributed by atoms with Gasteiger partial charge in [0.15, 0.2) is 0 Å². The Kier molecular flexibility index (Phi) is 27.2. The maximum Gasteiger partial charge on any atom is 0.407 e. The highest BCUT2D eigenvalue weighted by molar-refractivity contribution is 8.00. The molecule has 22 nitrogen and oxygen atoms in total. The lowest BCUT2D eigenvalue weighted by Crippen LogP contribution is -2.61. The number of aliphatic carboxylic acids is 1. The fourth-order valence-corrected chi connectivity index (χ4v) is 17.1. The van der Waals surface area contributed by atoms with Gasteiger partial charge in [-0.2, -0.15) is 0 Å². The lowest BCUT2D eigenvalue weighted by Gasteiger charge is -2.38. The van der Waals surface area contributed by atoms with E-state index in [4.69, 9.17) is 4.74 Å². The molecule has 2 aliphatic rings. The van der Waals surface area contributed by atoms with Crippen LogP contribution in [0.25, 0.3) is 22.0 Å². The molecule has 9 aromatic carbocycles. The number of alkyl carbamates (subject to hydrolysis) is 1. The number of hydrogen-bond acceptors (Lipinski definition) is 12. The van der Waals surface area contributed by atoms with Gasteiger partial charge in [-0.05, 0) is 91.9 Å². The van der Waals surface area contributed by atoms with Crippen molar-refractivity contribution < 1.29 is 57.8 Å². The molecule has 0 unspecified atom stereocenters. The second-order valence-electron chi connectivity index (χ2n) is 29.2. The summed E-state index contributed by atoms with van der Waals surface area (Å²) in [5.74, 6) is -9.10. The van der Waals surface area contributed by atoms with E-state index in [-0.39, 0.29) is 44.1 Å². The van der Waals surface area contributed by atoms with Gasteiger partial charge in [0, 0.05) is 41.7 Å². The highest BCUT2D eigenvalue weighted by atomic mass is 32.2. The van der Waals surface area contributed by atoms with E-state index < -0.39 is 137 Å². The minimum absolute atomic E-state index is 0.0164. The molecule has 1 aliphatic heterocycles. The molecule has 0 saturated carbocycles. The average molecular weight is 1570 g/mol. The number of likely N-dealkylation sites (tertiary alicyclic amines) is 1. The SMILES string of the molecule is CC[C@H](C)[C@H](NC(=O)OCC1c2ccccc2-c2ccccc21)C(=O)NCC(=O)N[C@@H](CSC(c1ccccc1)(c1ccccc1)c1ccccc1)C(=O)N[C@@H](CC(=O)NC(c1ccccc1)(c1ccccc1)c1ccccc1)C(=O)N1CCC[C@H]1C(=O)N[C@H](C(=O)N[C@@H](Cc1c[nH]c2ccccc12)C(=O)NCC(=O)O)[C@@H](C)CC. The van der Waals surface area contributed by atoms with Crippen LogP contribution in [-0.4, -0.2) is 143 Å². The second kappa shape index (κ2) is 38.3. The normalized spacial score (nSPS) is 15.0. The van der Waals surface area contributed by atoms with E-state index in [2.05, 4.69) is 47.5 Å².